The van der Waals surface area contributed by atoms with E-state index in [0.717, 1.165) is 24.8 Å². The molecule has 0 saturated heterocycles. The van der Waals surface area contributed by atoms with Gasteiger partial charge in [-0.15, -0.1) is 0 Å². The van der Waals surface area contributed by atoms with Crippen molar-refractivity contribution in [3.8, 4) is 0 Å². The minimum atomic E-state index is 0.0974. The van der Waals surface area contributed by atoms with Gasteiger partial charge in [-0.25, -0.2) is 0 Å². The lowest BCUT2D eigenvalue weighted by Crippen LogP contribution is -2.48. The number of esters is 1. The van der Waals surface area contributed by atoms with Crippen LogP contribution in [0.5, 0.6) is 0 Å². The number of aromatic nitrogens is 1. The Bertz CT molecular complexity index is 816. The Kier molecular flexibility index (Phi) is 5.00. The van der Waals surface area contributed by atoms with Crippen LogP contribution in [0.1, 0.15) is 48.2 Å². The molecule has 0 radical (unpaired) electrons. The average molecular weight is 397 g/mol. The van der Waals surface area contributed by atoms with E-state index in [0.29, 0.717) is 18.4 Å². The van der Waals surface area contributed by atoms with Crippen LogP contribution in [-0.2, 0) is 22.5 Å². The van der Waals surface area contributed by atoms with Crippen LogP contribution in [0, 0.1) is 36.5 Å². The molecule has 148 valence electrons. The number of rotatable bonds is 6. The summed E-state index contributed by atoms with van der Waals surface area (Å²) in [6.07, 6.45) is 7.35. The summed E-state index contributed by atoms with van der Waals surface area (Å²) in [5, 5.41) is 0. The summed E-state index contributed by atoms with van der Waals surface area (Å²) in [6.45, 7) is 3.60. The van der Waals surface area contributed by atoms with Gasteiger partial charge in [-0.3, -0.25) is 4.79 Å². The number of nitrogens with zero attached hydrogens (tertiary/aromatic N) is 1. The first-order valence-electron chi connectivity index (χ1n) is 10.8. The molecule has 0 atom stereocenters. The van der Waals surface area contributed by atoms with E-state index in [2.05, 4.69) is 47.3 Å². The van der Waals surface area contributed by atoms with Gasteiger partial charge in [-0.05, 0) is 55.8 Å². The van der Waals surface area contributed by atoms with E-state index in [1.165, 1.54) is 48.2 Å². The molecule has 6 rings (SSSR count). The van der Waals surface area contributed by atoms with Crippen molar-refractivity contribution in [2.45, 2.75) is 52.0 Å². The minimum Gasteiger partial charge on any atom is -0.465 e. The molecule has 4 heteroatoms. The molecule has 28 heavy (non-hydrogen) atoms. The number of hydrogen-bond acceptors (Lipinski definition) is 3. The van der Waals surface area contributed by atoms with Crippen LogP contribution >= 0.6 is 11.3 Å². The third-order valence-electron chi connectivity index (χ3n) is 7.42. The fourth-order valence-corrected chi connectivity index (χ4v) is 7.25. The lowest BCUT2D eigenvalue weighted by atomic mass is 9.52. The quantitative estimate of drug-likeness (QED) is 0.530. The predicted octanol–water partition coefficient (Wildman–Crippen LogP) is 4.55. The highest BCUT2D eigenvalue weighted by Gasteiger charge is 2.51. The molecule has 0 N–H and O–H groups in total. The van der Waals surface area contributed by atoms with Gasteiger partial charge in [0.1, 0.15) is 0 Å². The summed E-state index contributed by atoms with van der Waals surface area (Å²) in [7, 11) is 0. The van der Waals surface area contributed by atoms with Crippen molar-refractivity contribution in [1.82, 2.24) is 0 Å². The molecule has 4 aliphatic rings. The number of carbonyl (C=O) groups is 1. The van der Waals surface area contributed by atoms with E-state index in [1.54, 1.807) is 11.3 Å². The van der Waals surface area contributed by atoms with Crippen LogP contribution in [-0.4, -0.2) is 12.6 Å². The molecule has 0 aliphatic heterocycles. The second-order valence-corrected chi connectivity index (χ2v) is 10.2. The van der Waals surface area contributed by atoms with Crippen LogP contribution in [0.4, 0.5) is 0 Å². The molecule has 4 fully saturated rings. The summed E-state index contributed by atoms with van der Waals surface area (Å²) in [5.41, 5.74) is 4.80. The van der Waals surface area contributed by atoms with E-state index < -0.39 is 0 Å². The smallest absolute Gasteiger partial charge is 0.309 e. The van der Waals surface area contributed by atoms with Gasteiger partial charge in [0.15, 0.2) is 12.2 Å². The van der Waals surface area contributed by atoms with Crippen molar-refractivity contribution < 1.29 is 14.1 Å². The largest absolute Gasteiger partial charge is 0.465 e. The number of benzene rings is 1. The third-order valence-corrected chi connectivity index (χ3v) is 8.57. The SMILES string of the molecule is Cc1c(CCOC(=O)C2C3CC4CC(C3)CC2C4)sc[n+]1Cc1ccccc1. The molecule has 1 aromatic carbocycles. The van der Waals surface area contributed by atoms with Gasteiger partial charge in [-0.1, -0.05) is 41.7 Å². The van der Waals surface area contributed by atoms with Crippen molar-refractivity contribution >= 4 is 17.3 Å². The van der Waals surface area contributed by atoms with Crippen molar-refractivity contribution in [3.63, 3.8) is 0 Å². The average Bonchev–Trinajstić information content (AvgIpc) is 3.02. The first-order chi connectivity index (χ1) is 13.7. The second kappa shape index (κ2) is 7.62. The zero-order valence-electron chi connectivity index (χ0n) is 16.7. The van der Waals surface area contributed by atoms with Crippen LogP contribution in [0.15, 0.2) is 35.8 Å². The van der Waals surface area contributed by atoms with Gasteiger partial charge in [0.2, 0.25) is 5.51 Å². The molecule has 0 amide bonds. The molecule has 1 aromatic heterocycles. The molecule has 4 saturated carbocycles. The topological polar surface area (TPSA) is 30.2 Å². The molecule has 4 bridgehead atoms. The predicted molar refractivity (Wildman–Crippen MR) is 110 cm³/mol. The molecule has 2 aromatic rings. The van der Waals surface area contributed by atoms with Crippen LogP contribution < -0.4 is 4.57 Å². The lowest BCUT2D eigenvalue weighted by molar-refractivity contribution is -0.689. The summed E-state index contributed by atoms with van der Waals surface area (Å²) in [6, 6.07) is 10.6. The van der Waals surface area contributed by atoms with Gasteiger partial charge in [0.25, 0.3) is 0 Å². The van der Waals surface area contributed by atoms with E-state index in [9.17, 15) is 4.79 Å². The van der Waals surface area contributed by atoms with Crippen molar-refractivity contribution in [1.29, 1.82) is 0 Å². The number of hydrogen-bond donors (Lipinski definition) is 0. The normalized spacial score (nSPS) is 30.5. The van der Waals surface area contributed by atoms with Crippen molar-refractivity contribution in [3.05, 3.63) is 52.0 Å². The van der Waals surface area contributed by atoms with Gasteiger partial charge in [-0.2, -0.15) is 4.57 Å². The lowest BCUT2D eigenvalue weighted by Gasteiger charge is -2.53. The van der Waals surface area contributed by atoms with E-state index in [-0.39, 0.29) is 11.9 Å². The molecule has 0 spiro atoms. The van der Waals surface area contributed by atoms with Gasteiger partial charge in [0, 0.05) is 18.9 Å². The molecule has 1 heterocycles. The Hall–Kier alpha value is -1.68. The van der Waals surface area contributed by atoms with Crippen LogP contribution in [0.3, 0.4) is 0 Å². The molecular formula is C24H30NO2S+. The summed E-state index contributed by atoms with van der Waals surface area (Å²) < 4.78 is 8.11. The Balaban J connectivity index is 1.16. The first-order valence-corrected chi connectivity index (χ1v) is 11.7. The summed E-state index contributed by atoms with van der Waals surface area (Å²) in [4.78, 5) is 14.2. The molecule has 4 aliphatic carbocycles. The fraction of sp³-hybridized carbons (Fsp3) is 0.583. The Morgan fingerprint density at radius 2 is 1.75 bits per heavy atom. The Labute approximate surface area is 171 Å². The van der Waals surface area contributed by atoms with E-state index in [4.69, 9.17) is 4.74 Å². The fourth-order valence-electron chi connectivity index (χ4n) is 6.28. The maximum absolute atomic E-state index is 12.8. The highest BCUT2D eigenvalue weighted by molar-refractivity contribution is 7.09. The van der Waals surface area contributed by atoms with Crippen molar-refractivity contribution in [2.75, 3.05) is 6.61 Å². The molecular weight excluding hydrogens is 366 g/mol. The number of ether oxygens (including phenoxy) is 1. The third kappa shape index (κ3) is 3.52. The Morgan fingerprint density at radius 1 is 1.07 bits per heavy atom. The highest BCUT2D eigenvalue weighted by Crippen LogP contribution is 2.56. The molecule has 3 nitrogen and oxygen atoms in total. The van der Waals surface area contributed by atoms with Crippen molar-refractivity contribution in [2.24, 2.45) is 29.6 Å². The minimum absolute atomic E-state index is 0.0974. The van der Waals surface area contributed by atoms with Crippen LogP contribution in [0.25, 0.3) is 0 Å². The monoisotopic (exact) mass is 396 g/mol. The zero-order chi connectivity index (χ0) is 19.1. The molecule has 0 unspecified atom stereocenters. The second-order valence-electron chi connectivity index (χ2n) is 9.22. The van der Waals surface area contributed by atoms with Gasteiger partial charge < -0.3 is 4.74 Å². The maximum atomic E-state index is 12.8. The summed E-state index contributed by atoms with van der Waals surface area (Å²) in [5.74, 6) is 3.32. The highest BCUT2D eigenvalue weighted by atomic mass is 32.1. The van der Waals surface area contributed by atoms with Gasteiger partial charge in [0.05, 0.1) is 17.4 Å². The van der Waals surface area contributed by atoms with Crippen LogP contribution in [0.2, 0.25) is 0 Å². The standard InChI is InChI=1S/C24H30NO2S/c1-16-22(28-15-25(16)14-17-5-3-2-4-6-17)7-8-27-24(26)23-20-10-18-9-19(12-20)13-21(23)11-18/h2-6,15,18-21,23H,7-14H2,1H3/q+1. The first kappa shape index (κ1) is 18.4. The van der Waals surface area contributed by atoms with Gasteiger partial charge >= 0.3 is 5.97 Å². The maximum Gasteiger partial charge on any atom is 0.309 e. The number of thiazole rings is 1. The van der Waals surface area contributed by atoms with E-state index >= 15 is 0 Å². The number of carbonyl (C=O) groups excluding carboxylic acids is 1. The Morgan fingerprint density at radius 3 is 2.43 bits per heavy atom. The zero-order valence-corrected chi connectivity index (χ0v) is 17.5. The van der Waals surface area contributed by atoms with E-state index in [1.807, 2.05) is 0 Å². The summed E-state index contributed by atoms with van der Waals surface area (Å²) >= 11 is 1.78.